The van der Waals surface area contributed by atoms with Gasteiger partial charge in [-0.2, -0.15) is 0 Å². The first-order valence-corrected chi connectivity index (χ1v) is 8.87. The number of benzene rings is 1. The summed E-state index contributed by atoms with van der Waals surface area (Å²) in [6.45, 7) is 5.35. The van der Waals surface area contributed by atoms with Crippen LogP contribution in [-0.2, 0) is 0 Å². The predicted octanol–water partition coefficient (Wildman–Crippen LogP) is 4.21. The Morgan fingerprint density at radius 1 is 1.23 bits per heavy atom. The minimum absolute atomic E-state index is 0.133. The lowest BCUT2D eigenvalue weighted by molar-refractivity contribution is 0.103. The summed E-state index contributed by atoms with van der Waals surface area (Å²) in [4.78, 5) is 25.3. The molecule has 0 saturated carbocycles. The van der Waals surface area contributed by atoms with Crippen molar-refractivity contribution in [1.82, 2.24) is 15.0 Å². The van der Waals surface area contributed by atoms with Gasteiger partial charge in [-0.1, -0.05) is 29.0 Å². The van der Waals surface area contributed by atoms with Crippen LogP contribution in [0.5, 0.6) is 5.75 Å². The van der Waals surface area contributed by atoms with Crippen LogP contribution in [0.3, 0.4) is 0 Å². The number of aryl methyl sites for hydroxylation is 2. The molecular formula is C17H16ClN5O2S. The van der Waals surface area contributed by atoms with Gasteiger partial charge in [0.15, 0.2) is 5.13 Å². The van der Waals surface area contributed by atoms with Crippen molar-refractivity contribution in [2.45, 2.75) is 20.8 Å². The molecule has 7 nitrogen and oxygen atoms in total. The number of thiazole rings is 1. The molecule has 9 heteroatoms. The summed E-state index contributed by atoms with van der Waals surface area (Å²) >= 11 is 7.09. The standard InChI is InChI=1S/C17H16ClN5O2S/c1-8-4-5-11(24)9(2)15(8)23-16(25)12-7-19-17(26-12)22-14-6-13(18)20-10(3)21-14/h4-7,24H,1-3H3,(H,23,25)(H,19,20,21,22). The number of halogens is 1. The zero-order valence-electron chi connectivity index (χ0n) is 14.3. The van der Waals surface area contributed by atoms with Crippen molar-refractivity contribution in [2.75, 3.05) is 10.6 Å². The second-order valence-electron chi connectivity index (χ2n) is 5.63. The van der Waals surface area contributed by atoms with Crippen molar-refractivity contribution in [2.24, 2.45) is 0 Å². The van der Waals surface area contributed by atoms with Crippen molar-refractivity contribution >= 4 is 45.5 Å². The molecule has 0 aliphatic heterocycles. The fourth-order valence-electron chi connectivity index (χ4n) is 2.35. The van der Waals surface area contributed by atoms with Crippen LogP contribution in [0.1, 0.15) is 26.6 Å². The Kier molecular flexibility index (Phi) is 5.06. The number of carbonyl (C=O) groups is 1. The van der Waals surface area contributed by atoms with E-state index in [-0.39, 0.29) is 11.7 Å². The molecule has 0 atom stereocenters. The molecule has 0 radical (unpaired) electrons. The van der Waals surface area contributed by atoms with Gasteiger partial charge in [0.1, 0.15) is 27.4 Å². The van der Waals surface area contributed by atoms with E-state index in [1.54, 1.807) is 32.0 Å². The van der Waals surface area contributed by atoms with E-state index in [0.717, 1.165) is 5.56 Å². The zero-order valence-corrected chi connectivity index (χ0v) is 15.9. The number of hydrogen-bond acceptors (Lipinski definition) is 7. The molecule has 134 valence electrons. The number of carbonyl (C=O) groups excluding carboxylic acids is 1. The first kappa shape index (κ1) is 18.1. The fourth-order valence-corrected chi connectivity index (χ4v) is 3.29. The van der Waals surface area contributed by atoms with Crippen LogP contribution < -0.4 is 10.6 Å². The highest BCUT2D eigenvalue weighted by atomic mass is 35.5. The molecule has 0 fully saturated rings. The smallest absolute Gasteiger partial charge is 0.267 e. The zero-order chi connectivity index (χ0) is 18.8. The van der Waals surface area contributed by atoms with Crippen LogP contribution in [-0.4, -0.2) is 26.0 Å². The molecule has 3 aromatic rings. The van der Waals surface area contributed by atoms with E-state index in [1.807, 2.05) is 6.92 Å². The largest absolute Gasteiger partial charge is 0.508 e. The molecule has 0 spiro atoms. The van der Waals surface area contributed by atoms with Gasteiger partial charge in [0.05, 0.1) is 11.9 Å². The maximum Gasteiger partial charge on any atom is 0.267 e. The Bertz CT molecular complexity index is 969. The highest BCUT2D eigenvalue weighted by Gasteiger charge is 2.15. The van der Waals surface area contributed by atoms with Crippen LogP contribution in [0, 0.1) is 20.8 Å². The lowest BCUT2D eigenvalue weighted by Crippen LogP contribution is -2.12. The molecule has 0 bridgehead atoms. The number of amides is 1. The summed E-state index contributed by atoms with van der Waals surface area (Å²) in [5, 5.41) is 16.5. The lowest BCUT2D eigenvalue weighted by atomic mass is 10.1. The summed E-state index contributed by atoms with van der Waals surface area (Å²) in [7, 11) is 0. The summed E-state index contributed by atoms with van der Waals surface area (Å²) in [6, 6.07) is 4.93. The minimum Gasteiger partial charge on any atom is -0.508 e. The molecule has 1 aromatic carbocycles. The Labute approximate surface area is 159 Å². The molecule has 3 N–H and O–H groups in total. The van der Waals surface area contributed by atoms with Gasteiger partial charge in [-0.15, -0.1) is 0 Å². The van der Waals surface area contributed by atoms with E-state index in [2.05, 4.69) is 25.6 Å². The Morgan fingerprint density at radius 3 is 2.73 bits per heavy atom. The average Bonchev–Trinajstić information content (AvgIpc) is 3.02. The van der Waals surface area contributed by atoms with Gasteiger partial charge in [-0.3, -0.25) is 4.79 Å². The second-order valence-corrected chi connectivity index (χ2v) is 7.05. The quantitative estimate of drug-likeness (QED) is 0.578. The number of phenolic OH excluding ortho intramolecular Hbond substituents is 1. The van der Waals surface area contributed by atoms with Gasteiger partial charge in [0.2, 0.25) is 0 Å². The van der Waals surface area contributed by atoms with Crippen LogP contribution >= 0.6 is 22.9 Å². The van der Waals surface area contributed by atoms with Gasteiger partial charge < -0.3 is 15.7 Å². The van der Waals surface area contributed by atoms with E-state index in [4.69, 9.17) is 11.6 Å². The maximum atomic E-state index is 12.5. The molecule has 3 rings (SSSR count). The van der Waals surface area contributed by atoms with Crippen molar-refractivity contribution in [1.29, 1.82) is 0 Å². The van der Waals surface area contributed by atoms with Crippen LogP contribution in [0.4, 0.5) is 16.6 Å². The molecule has 0 aliphatic rings. The Morgan fingerprint density at radius 2 is 2.00 bits per heavy atom. The first-order valence-electron chi connectivity index (χ1n) is 7.68. The normalized spacial score (nSPS) is 10.6. The first-order chi connectivity index (χ1) is 12.3. The second kappa shape index (κ2) is 7.27. The van der Waals surface area contributed by atoms with Gasteiger partial charge in [0.25, 0.3) is 5.91 Å². The topological polar surface area (TPSA) is 100 Å². The number of phenols is 1. The van der Waals surface area contributed by atoms with Crippen molar-refractivity contribution in [3.8, 4) is 5.75 Å². The number of nitrogens with zero attached hydrogens (tertiary/aromatic N) is 3. The number of hydrogen-bond donors (Lipinski definition) is 3. The molecular weight excluding hydrogens is 374 g/mol. The summed E-state index contributed by atoms with van der Waals surface area (Å²) in [5.74, 6) is 0.866. The Hall–Kier alpha value is -2.71. The van der Waals surface area contributed by atoms with Crippen molar-refractivity contribution in [3.05, 3.63) is 51.4 Å². The average molecular weight is 390 g/mol. The van der Waals surface area contributed by atoms with Gasteiger partial charge >= 0.3 is 0 Å². The number of anilines is 3. The molecule has 1 amide bonds. The van der Waals surface area contributed by atoms with Crippen LogP contribution in [0.25, 0.3) is 0 Å². The summed E-state index contributed by atoms with van der Waals surface area (Å²) in [5.41, 5.74) is 2.08. The third kappa shape index (κ3) is 3.92. The Balaban J connectivity index is 1.77. The predicted molar refractivity (Wildman–Crippen MR) is 103 cm³/mol. The van der Waals surface area contributed by atoms with Crippen molar-refractivity contribution < 1.29 is 9.90 Å². The van der Waals surface area contributed by atoms with Gasteiger partial charge in [-0.25, -0.2) is 15.0 Å². The van der Waals surface area contributed by atoms with E-state index in [0.29, 0.717) is 38.1 Å². The van der Waals surface area contributed by atoms with Gasteiger partial charge in [0, 0.05) is 11.6 Å². The lowest BCUT2D eigenvalue weighted by Gasteiger charge is -2.11. The number of aromatic hydroxyl groups is 1. The number of rotatable bonds is 4. The molecule has 0 aliphatic carbocycles. The highest BCUT2D eigenvalue weighted by Crippen LogP contribution is 2.29. The maximum absolute atomic E-state index is 12.5. The number of nitrogens with one attached hydrogen (secondary N) is 2. The molecule has 0 unspecified atom stereocenters. The van der Waals surface area contributed by atoms with Crippen molar-refractivity contribution in [3.63, 3.8) is 0 Å². The third-order valence-electron chi connectivity index (χ3n) is 3.65. The van der Waals surface area contributed by atoms with E-state index >= 15 is 0 Å². The van der Waals surface area contributed by atoms with E-state index < -0.39 is 0 Å². The van der Waals surface area contributed by atoms with Gasteiger partial charge in [-0.05, 0) is 32.4 Å². The van der Waals surface area contributed by atoms with E-state index in [1.165, 1.54) is 17.5 Å². The molecule has 2 aromatic heterocycles. The van der Waals surface area contributed by atoms with Crippen LogP contribution in [0.2, 0.25) is 5.15 Å². The summed E-state index contributed by atoms with van der Waals surface area (Å²) < 4.78 is 0. The SMILES string of the molecule is Cc1nc(Cl)cc(Nc2ncc(C(=O)Nc3c(C)ccc(O)c3C)s2)n1. The number of aromatic nitrogens is 3. The molecule has 26 heavy (non-hydrogen) atoms. The highest BCUT2D eigenvalue weighted by molar-refractivity contribution is 7.17. The molecule has 0 saturated heterocycles. The molecule has 2 heterocycles. The van der Waals surface area contributed by atoms with E-state index in [9.17, 15) is 9.90 Å². The van der Waals surface area contributed by atoms with Crippen LogP contribution in [0.15, 0.2) is 24.4 Å². The summed E-state index contributed by atoms with van der Waals surface area (Å²) in [6.07, 6.45) is 1.48. The minimum atomic E-state index is -0.302. The third-order valence-corrected chi connectivity index (χ3v) is 4.76. The fraction of sp³-hybridized carbons (Fsp3) is 0.176. The monoisotopic (exact) mass is 389 g/mol.